The Morgan fingerprint density at radius 2 is 1.56 bits per heavy atom. The van der Waals surface area contributed by atoms with Crippen molar-refractivity contribution in [2.24, 2.45) is 5.92 Å². The van der Waals surface area contributed by atoms with E-state index in [0.717, 1.165) is 11.1 Å². The van der Waals surface area contributed by atoms with Gasteiger partial charge in [0.15, 0.2) is 40.3 Å². The van der Waals surface area contributed by atoms with Gasteiger partial charge in [0.25, 0.3) is 0 Å². The maximum absolute atomic E-state index is 14.4. The average Bonchev–Trinajstić information content (AvgIpc) is 3.44. The number of carbonyl (C=O) groups excluding carboxylic acids is 3. The van der Waals surface area contributed by atoms with E-state index in [1.807, 2.05) is 12.1 Å². The molecule has 0 saturated heterocycles. The van der Waals surface area contributed by atoms with Crippen LogP contribution >= 0.6 is 11.6 Å². The minimum Gasteiger partial charge on any atom is -0.507 e. The molecule has 3 aromatic rings. The summed E-state index contributed by atoms with van der Waals surface area (Å²) in [5.41, 5.74) is 0.109. The Balaban J connectivity index is 1.45. The highest BCUT2D eigenvalue weighted by molar-refractivity contribution is 6.35. The van der Waals surface area contributed by atoms with Crippen molar-refractivity contribution < 1.29 is 53.0 Å². The fraction of sp³-hybridized carbons (Fsp3) is 0.378. The Morgan fingerprint density at radius 1 is 0.920 bits per heavy atom. The number of phenolic OH excluding ortho intramolecular Hbond substituents is 1. The number of allylic oxidation sites excluding steroid dienone is 1. The van der Waals surface area contributed by atoms with Crippen LogP contribution in [0, 0.1) is 5.92 Å². The number of ether oxygens (including phenoxy) is 6. The van der Waals surface area contributed by atoms with E-state index >= 15 is 0 Å². The molecular formula is C37H38ClNO11. The molecule has 0 aromatic heterocycles. The zero-order valence-corrected chi connectivity index (χ0v) is 29.3. The van der Waals surface area contributed by atoms with Crippen LogP contribution in [-0.4, -0.2) is 80.3 Å². The first-order chi connectivity index (χ1) is 23.9. The van der Waals surface area contributed by atoms with Crippen molar-refractivity contribution in [3.05, 3.63) is 75.0 Å². The number of benzene rings is 3. The van der Waals surface area contributed by atoms with Gasteiger partial charge in [0.05, 0.1) is 35.5 Å². The highest BCUT2D eigenvalue weighted by atomic mass is 35.5. The molecule has 264 valence electrons. The van der Waals surface area contributed by atoms with Gasteiger partial charge < -0.3 is 43.5 Å². The molecule has 2 heterocycles. The van der Waals surface area contributed by atoms with Crippen LogP contribution in [0.3, 0.4) is 0 Å². The molecule has 0 fully saturated rings. The number of rotatable bonds is 9. The maximum atomic E-state index is 14.4. The molecule has 3 atom stereocenters. The van der Waals surface area contributed by atoms with Gasteiger partial charge in [-0.2, -0.15) is 0 Å². The quantitative estimate of drug-likeness (QED) is 0.287. The average molecular weight is 708 g/mol. The molecule has 13 heteroatoms. The number of amides is 1. The van der Waals surface area contributed by atoms with Crippen molar-refractivity contribution in [2.45, 2.75) is 44.2 Å². The number of carbonyl (C=O) groups is 3. The van der Waals surface area contributed by atoms with E-state index in [-0.39, 0.29) is 70.2 Å². The fourth-order valence-electron chi connectivity index (χ4n) is 7.24. The van der Waals surface area contributed by atoms with E-state index in [1.54, 1.807) is 32.1 Å². The Bertz CT molecular complexity index is 1940. The van der Waals surface area contributed by atoms with Crippen molar-refractivity contribution in [3.8, 4) is 40.2 Å². The summed E-state index contributed by atoms with van der Waals surface area (Å²) in [6.07, 6.45) is 0.110. The van der Waals surface area contributed by atoms with Crippen molar-refractivity contribution in [1.82, 2.24) is 4.90 Å². The summed E-state index contributed by atoms with van der Waals surface area (Å²) >= 11 is 6.62. The standard InChI is InChI=1S/C37H38ClNO11/c1-18-11-24(41)31(35(43)37(18)36(44)32-28(48-5)16-29(49-6)33(38)34(32)50-37)22(20-7-8-23(40)25(13-20)45-2)15-30(42)39-10-9-19-12-26(46-3)27(47-4)14-21(19)17-39/h7-8,12-14,16,18,22,40,43H,9-11,15,17H2,1-6H3/t18-,22?,37+/m1/s1. The van der Waals surface area contributed by atoms with E-state index in [1.165, 1.54) is 39.5 Å². The maximum Gasteiger partial charge on any atom is 0.231 e. The number of nitrogens with zero attached hydrogens (tertiary/aromatic N) is 1. The summed E-state index contributed by atoms with van der Waals surface area (Å²) in [4.78, 5) is 44.3. The Labute approximate surface area is 294 Å². The van der Waals surface area contributed by atoms with Crippen molar-refractivity contribution in [3.63, 3.8) is 0 Å². The first-order valence-electron chi connectivity index (χ1n) is 16.0. The topological polar surface area (TPSA) is 150 Å². The van der Waals surface area contributed by atoms with Gasteiger partial charge in [-0.1, -0.05) is 24.6 Å². The molecule has 1 aliphatic carbocycles. The SMILES string of the molecule is COc1cc(C(CC(=O)N2CCc3cc(OC)c(OC)cc3C2)C2=C(O)[C@@]3(Oc4c(Cl)c(OC)cc(OC)c4C3=O)[C@H](C)CC2=O)ccc1O. The van der Waals surface area contributed by atoms with E-state index in [0.29, 0.717) is 30.0 Å². The van der Waals surface area contributed by atoms with E-state index in [4.69, 9.17) is 40.0 Å². The summed E-state index contributed by atoms with van der Waals surface area (Å²) in [6.45, 7) is 2.30. The van der Waals surface area contributed by atoms with Gasteiger partial charge in [0.2, 0.25) is 17.3 Å². The predicted molar refractivity (Wildman–Crippen MR) is 181 cm³/mol. The van der Waals surface area contributed by atoms with Crippen LogP contribution in [-0.2, 0) is 22.6 Å². The lowest BCUT2D eigenvalue weighted by molar-refractivity contribution is -0.132. The molecule has 6 rings (SSSR count). The number of aliphatic hydroxyl groups is 1. The molecular weight excluding hydrogens is 670 g/mol. The molecule has 1 spiro atoms. The van der Waals surface area contributed by atoms with Crippen LogP contribution in [0.15, 0.2) is 47.7 Å². The third-order valence-electron chi connectivity index (χ3n) is 9.92. The van der Waals surface area contributed by atoms with Gasteiger partial charge in [0, 0.05) is 49.4 Å². The fourth-order valence-corrected chi connectivity index (χ4v) is 7.50. The number of fused-ring (bicyclic) bond motifs is 2. The minimum atomic E-state index is -2.04. The second-order valence-electron chi connectivity index (χ2n) is 12.5. The number of Topliss-reactive ketones (excluding diaryl/α,β-unsaturated/α-hetero) is 2. The molecule has 1 amide bonds. The molecule has 12 nitrogen and oxygen atoms in total. The molecule has 50 heavy (non-hydrogen) atoms. The molecule has 0 saturated carbocycles. The molecule has 0 radical (unpaired) electrons. The molecule has 2 N–H and O–H groups in total. The third kappa shape index (κ3) is 5.42. The third-order valence-corrected chi connectivity index (χ3v) is 10.3. The van der Waals surface area contributed by atoms with Crippen molar-refractivity contribution in [2.75, 3.05) is 42.1 Å². The first-order valence-corrected chi connectivity index (χ1v) is 16.3. The molecule has 1 unspecified atom stereocenters. The Kier molecular flexibility index (Phi) is 9.25. The number of hydrogen-bond acceptors (Lipinski definition) is 11. The van der Waals surface area contributed by atoms with Crippen LogP contribution in [0.25, 0.3) is 0 Å². The highest BCUT2D eigenvalue weighted by Crippen LogP contribution is 2.56. The molecule has 3 aromatic carbocycles. The van der Waals surface area contributed by atoms with Gasteiger partial charge >= 0.3 is 0 Å². The molecule has 2 aliphatic heterocycles. The number of methoxy groups -OCH3 is 5. The lowest BCUT2D eigenvalue weighted by Crippen LogP contribution is -2.53. The van der Waals surface area contributed by atoms with Crippen LogP contribution in [0.4, 0.5) is 0 Å². The monoisotopic (exact) mass is 707 g/mol. The van der Waals surface area contributed by atoms with Crippen LogP contribution in [0.5, 0.6) is 40.2 Å². The van der Waals surface area contributed by atoms with Crippen LogP contribution < -0.4 is 28.4 Å². The highest BCUT2D eigenvalue weighted by Gasteiger charge is 2.61. The summed E-state index contributed by atoms with van der Waals surface area (Å²) in [5, 5.41) is 22.6. The number of ketones is 2. The predicted octanol–water partition coefficient (Wildman–Crippen LogP) is 5.58. The summed E-state index contributed by atoms with van der Waals surface area (Å²) in [6, 6.07) is 9.64. The van der Waals surface area contributed by atoms with Gasteiger partial charge in [0.1, 0.15) is 22.1 Å². The lowest BCUT2D eigenvalue weighted by atomic mass is 9.69. The number of aromatic hydroxyl groups is 1. The summed E-state index contributed by atoms with van der Waals surface area (Å²) < 4.78 is 33.5. The zero-order chi connectivity index (χ0) is 36.1. The smallest absolute Gasteiger partial charge is 0.231 e. The number of halogens is 1. The van der Waals surface area contributed by atoms with Gasteiger partial charge in [-0.05, 0) is 47.4 Å². The van der Waals surface area contributed by atoms with E-state index in [2.05, 4.69) is 0 Å². The normalized spacial score (nSPS) is 20.2. The van der Waals surface area contributed by atoms with E-state index in [9.17, 15) is 24.6 Å². The van der Waals surface area contributed by atoms with Gasteiger partial charge in [-0.25, -0.2) is 0 Å². The second kappa shape index (κ2) is 13.3. The second-order valence-corrected chi connectivity index (χ2v) is 12.9. The zero-order valence-electron chi connectivity index (χ0n) is 28.5. The van der Waals surface area contributed by atoms with Crippen molar-refractivity contribution in [1.29, 1.82) is 0 Å². The summed E-state index contributed by atoms with van der Waals surface area (Å²) in [7, 11) is 7.26. The van der Waals surface area contributed by atoms with Gasteiger partial charge in [-0.3, -0.25) is 14.4 Å². The Morgan fingerprint density at radius 3 is 2.20 bits per heavy atom. The number of hydrogen-bond donors (Lipinski definition) is 2. The van der Waals surface area contributed by atoms with Crippen LogP contribution in [0.2, 0.25) is 5.02 Å². The number of aliphatic hydroxyl groups excluding tert-OH is 1. The largest absolute Gasteiger partial charge is 0.507 e. The first kappa shape index (κ1) is 34.8. The molecule has 0 bridgehead atoms. The lowest BCUT2D eigenvalue weighted by Gasteiger charge is -2.39. The summed E-state index contributed by atoms with van der Waals surface area (Å²) in [5.74, 6) is -2.59. The van der Waals surface area contributed by atoms with E-state index < -0.39 is 34.8 Å². The number of phenols is 1. The van der Waals surface area contributed by atoms with Crippen LogP contribution in [0.1, 0.15) is 52.7 Å². The van der Waals surface area contributed by atoms with Gasteiger partial charge in [-0.15, -0.1) is 0 Å². The Hall–Kier alpha value is -5.10. The minimum absolute atomic E-state index is 0.00149. The molecule has 3 aliphatic rings. The van der Waals surface area contributed by atoms with Crippen molar-refractivity contribution >= 4 is 29.1 Å².